The SMILES string of the molecule is C[C@@H](c1nc(Cc2cccs2)nn1C(C)(C)C)n1cncn1. The molecule has 0 saturated heterocycles. The van der Waals surface area contributed by atoms with E-state index in [9.17, 15) is 0 Å². The molecule has 0 bridgehead atoms. The van der Waals surface area contributed by atoms with Gasteiger partial charge in [0, 0.05) is 11.3 Å². The van der Waals surface area contributed by atoms with Crippen molar-refractivity contribution in [3.05, 3.63) is 46.7 Å². The molecule has 0 amide bonds. The van der Waals surface area contributed by atoms with Crippen LogP contribution in [0.3, 0.4) is 0 Å². The second-order valence-electron chi connectivity index (χ2n) is 6.28. The summed E-state index contributed by atoms with van der Waals surface area (Å²) in [6.45, 7) is 8.46. The summed E-state index contributed by atoms with van der Waals surface area (Å²) < 4.78 is 3.81. The van der Waals surface area contributed by atoms with Crippen molar-refractivity contribution < 1.29 is 0 Å². The fraction of sp³-hybridized carbons (Fsp3) is 0.467. The fourth-order valence-corrected chi connectivity index (χ4v) is 3.01. The van der Waals surface area contributed by atoms with Crippen molar-refractivity contribution in [1.29, 1.82) is 0 Å². The van der Waals surface area contributed by atoms with Crippen LogP contribution in [0, 0.1) is 0 Å². The lowest BCUT2D eigenvalue weighted by atomic mass is 10.1. The van der Waals surface area contributed by atoms with E-state index in [0.29, 0.717) is 0 Å². The molecule has 0 N–H and O–H groups in total. The van der Waals surface area contributed by atoms with E-state index in [1.165, 1.54) is 4.88 Å². The minimum atomic E-state index is -0.134. The first-order chi connectivity index (χ1) is 10.4. The molecule has 6 nitrogen and oxygen atoms in total. The lowest BCUT2D eigenvalue weighted by Crippen LogP contribution is -2.28. The van der Waals surface area contributed by atoms with Crippen LogP contribution < -0.4 is 0 Å². The summed E-state index contributed by atoms with van der Waals surface area (Å²) in [7, 11) is 0. The lowest BCUT2D eigenvalue weighted by molar-refractivity contribution is 0.324. The van der Waals surface area contributed by atoms with Gasteiger partial charge in [0.25, 0.3) is 0 Å². The first-order valence-electron chi connectivity index (χ1n) is 7.28. The van der Waals surface area contributed by atoms with Gasteiger partial charge in [0.15, 0.2) is 11.6 Å². The van der Waals surface area contributed by atoms with E-state index >= 15 is 0 Å². The summed E-state index contributed by atoms with van der Waals surface area (Å²) in [5.74, 6) is 1.75. The van der Waals surface area contributed by atoms with Crippen molar-refractivity contribution in [3.8, 4) is 0 Å². The number of hydrogen-bond acceptors (Lipinski definition) is 5. The summed E-state index contributed by atoms with van der Waals surface area (Å²) in [6.07, 6.45) is 4.02. The predicted molar refractivity (Wildman–Crippen MR) is 86.0 cm³/mol. The molecule has 0 aliphatic rings. The molecule has 3 rings (SSSR count). The first kappa shape index (κ1) is 14.9. The van der Waals surface area contributed by atoms with Crippen LogP contribution in [0.2, 0.25) is 0 Å². The second-order valence-corrected chi connectivity index (χ2v) is 7.31. The zero-order valence-electron chi connectivity index (χ0n) is 13.3. The molecule has 3 aromatic rings. The van der Waals surface area contributed by atoms with Gasteiger partial charge in [-0.1, -0.05) is 6.07 Å². The zero-order valence-corrected chi connectivity index (χ0v) is 14.1. The number of thiophene rings is 1. The molecule has 0 aliphatic carbocycles. The minimum absolute atomic E-state index is 0.00805. The third-order valence-electron chi connectivity index (χ3n) is 3.43. The molecule has 0 fully saturated rings. The lowest BCUT2D eigenvalue weighted by Gasteiger charge is -2.23. The summed E-state index contributed by atoms with van der Waals surface area (Å²) >= 11 is 1.73. The molecular weight excluding hydrogens is 296 g/mol. The van der Waals surface area contributed by atoms with E-state index in [4.69, 9.17) is 10.1 Å². The Morgan fingerprint density at radius 1 is 1.32 bits per heavy atom. The molecule has 116 valence electrons. The van der Waals surface area contributed by atoms with E-state index in [2.05, 4.69) is 55.3 Å². The van der Waals surface area contributed by atoms with Crippen LogP contribution in [-0.2, 0) is 12.0 Å². The van der Waals surface area contributed by atoms with Crippen LogP contribution in [0.25, 0.3) is 0 Å². The Bertz CT molecular complexity index is 721. The maximum atomic E-state index is 4.78. The Kier molecular flexibility index (Phi) is 3.82. The van der Waals surface area contributed by atoms with Crippen LogP contribution in [0.5, 0.6) is 0 Å². The molecule has 1 atom stereocenters. The Labute approximate surface area is 133 Å². The van der Waals surface area contributed by atoms with E-state index < -0.39 is 0 Å². The maximum absolute atomic E-state index is 4.78. The van der Waals surface area contributed by atoms with Gasteiger partial charge in [-0.15, -0.1) is 11.3 Å². The number of nitrogens with zero attached hydrogens (tertiary/aromatic N) is 6. The average molecular weight is 316 g/mol. The molecule has 7 heteroatoms. The fourth-order valence-electron chi connectivity index (χ4n) is 2.31. The second kappa shape index (κ2) is 5.64. The zero-order chi connectivity index (χ0) is 15.7. The van der Waals surface area contributed by atoms with Crippen LogP contribution in [0.4, 0.5) is 0 Å². The molecule has 0 radical (unpaired) electrons. The Morgan fingerprint density at radius 2 is 2.14 bits per heavy atom. The van der Waals surface area contributed by atoms with E-state index in [1.807, 2.05) is 4.68 Å². The van der Waals surface area contributed by atoms with E-state index in [0.717, 1.165) is 18.1 Å². The van der Waals surface area contributed by atoms with Crippen LogP contribution in [0.15, 0.2) is 30.2 Å². The van der Waals surface area contributed by atoms with Gasteiger partial charge in [-0.2, -0.15) is 10.2 Å². The van der Waals surface area contributed by atoms with Gasteiger partial charge in [-0.25, -0.2) is 19.3 Å². The predicted octanol–water partition coefficient (Wildman–Crippen LogP) is 2.89. The van der Waals surface area contributed by atoms with Crippen LogP contribution in [-0.4, -0.2) is 29.5 Å². The topological polar surface area (TPSA) is 61.4 Å². The van der Waals surface area contributed by atoms with Crippen LogP contribution >= 0.6 is 11.3 Å². The van der Waals surface area contributed by atoms with Crippen molar-refractivity contribution in [2.75, 3.05) is 0 Å². The summed E-state index contributed by atoms with van der Waals surface area (Å²) in [5.41, 5.74) is -0.134. The highest BCUT2D eigenvalue weighted by Crippen LogP contribution is 2.23. The highest BCUT2D eigenvalue weighted by Gasteiger charge is 2.25. The standard InChI is InChI=1S/C15H20N6S/c1-11(20-10-16-9-17-20)14-18-13(8-12-6-5-7-22-12)19-21(14)15(2,3)4/h5-7,9-11H,8H2,1-4H3/t11-/m0/s1. The molecule has 0 unspecified atom stereocenters. The molecule has 0 saturated carbocycles. The van der Waals surface area contributed by atoms with Crippen molar-refractivity contribution in [2.24, 2.45) is 0 Å². The van der Waals surface area contributed by atoms with Crippen molar-refractivity contribution in [2.45, 2.75) is 45.7 Å². The maximum Gasteiger partial charge on any atom is 0.156 e. The van der Waals surface area contributed by atoms with Gasteiger partial charge >= 0.3 is 0 Å². The molecule has 0 aliphatic heterocycles. The van der Waals surface area contributed by atoms with Gasteiger partial charge < -0.3 is 0 Å². The van der Waals surface area contributed by atoms with Gasteiger partial charge in [0.05, 0.1) is 5.54 Å². The van der Waals surface area contributed by atoms with Gasteiger partial charge in [-0.05, 0) is 39.1 Å². The van der Waals surface area contributed by atoms with Gasteiger partial charge in [0.1, 0.15) is 18.7 Å². The highest BCUT2D eigenvalue weighted by atomic mass is 32.1. The van der Waals surface area contributed by atoms with Crippen molar-refractivity contribution in [1.82, 2.24) is 29.5 Å². The summed E-state index contributed by atoms with van der Waals surface area (Å²) in [4.78, 5) is 10.1. The van der Waals surface area contributed by atoms with Gasteiger partial charge in [-0.3, -0.25) is 0 Å². The summed E-state index contributed by atoms with van der Waals surface area (Å²) in [5, 5.41) is 11.0. The Balaban J connectivity index is 1.98. The third-order valence-corrected chi connectivity index (χ3v) is 4.31. The first-order valence-corrected chi connectivity index (χ1v) is 8.16. The molecular formula is C15H20N6S. The molecule has 3 aromatic heterocycles. The van der Waals surface area contributed by atoms with Crippen molar-refractivity contribution >= 4 is 11.3 Å². The smallest absolute Gasteiger partial charge is 0.156 e. The number of aromatic nitrogens is 6. The normalized spacial score (nSPS) is 13.5. The average Bonchev–Trinajstić information content (AvgIpc) is 3.19. The van der Waals surface area contributed by atoms with Crippen LogP contribution in [0.1, 0.15) is 50.3 Å². The summed E-state index contributed by atoms with van der Waals surface area (Å²) in [6, 6.07) is 4.16. The van der Waals surface area contributed by atoms with E-state index in [-0.39, 0.29) is 11.6 Å². The largest absolute Gasteiger partial charge is 0.243 e. The van der Waals surface area contributed by atoms with E-state index in [1.54, 1.807) is 28.7 Å². The molecule has 3 heterocycles. The van der Waals surface area contributed by atoms with Crippen molar-refractivity contribution in [3.63, 3.8) is 0 Å². The Hall–Kier alpha value is -2.02. The monoisotopic (exact) mass is 316 g/mol. The molecule has 0 aromatic carbocycles. The van der Waals surface area contributed by atoms with Gasteiger partial charge in [0.2, 0.25) is 0 Å². The molecule has 22 heavy (non-hydrogen) atoms. The number of rotatable bonds is 4. The number of hydrogen-bond donors (Lipinski definition) is 0. The molecule has 0 spiro atoms. The minimum Gasteiger partial charge on any atom is -0.243 e. The Morgan fingerprint density at radius 3 is 2.73 bits per heavy atom. The third kappa shape index (κ3) is 2.94. The highest BCUT2D eigenvalue weighted by molar-refractivity contribution is 7.09. The quantitative estimate of drug-likeness (QED) is 0.742.